The molecule has 0 aliphatic rings. The lowest BCUT2D eigenvalue weighted by Crippen LogP contribution is -1.78. The van der Waals surface area contributed by atoms with Crippen LogP contribution >= 0.6 is 30.1 Å². The summed E-state index contributed by atoms with van der Waals surface area (Å²) in [5, 5.41) is 2.87. The minimum absolute atomic E-state index is 0.683. The zero-order valence-electron chi connectivity index (χ0n) is 8.08. The van der Waals surface area contributed by atoms with Gasteiger partial charge in [0.05, 0.1) is 0 Å². The predicted octanol–water partition coefficient (Wildman–Crippen LogP) is 3.92. The number of rotatable bonds is 1. The molecule has 1 aromatic carbocycles. The van der Waals surface area contributed by atoms with Gasteiger partial charge in [0.15, 0.2) is 0 Å². The van der Waals surface area contributed by atoms with Crippen molar-refractivity contribution < 1.29 is 4.79 Å². The van der Waals surface area contributed by atoms with E-state index >= 15 is 0 Å². The average Bonchev–Trinajstić information content (AvgIpc) is 2.30. The van der Waals surface area contributed by atoms with Crippen molar-refractivity contribution in [3.8, 4) is 11.2 Å². The maximum absolute atomic E-state index is 10.3. The first kappa shape index (κ1) is 13.5. The van der Waals surface area contributed by atoms with E-state index in [9.17, 15) is 4.79 Å². The lowest BCUT2D eigenvalue weighted by molar-refractivity contribution is 0.112. The molecule has 0 saturated heterocycles. The molecule has 0 heterocycles. The largest absolute Gasteiger partial charge is 0.298 e. The normalized spacial score (nSPS) is 7.64. The van der Waals surface area contributed by atoms with E-state index in [4.69, 9.17) is 0 Å². The molecule has 0 amide bonds. The van der Waals surface area contributed by atoms with E-state index in [0.717, 1.165) is 11.8 Å². The second kappa shape index (κ2) is 9.10. The highest BCUT2D eigenvalue weighted by atomic mass is 127. The average molecular weight is 318 g/mol. The van der Waals surface area contributed by atoms with Gasteiger partial charge in [-0.3, -0.25) is 4.79 Å². The van der Waals surface area contributed by atoms with Gasteiger partial charge in [0, 0.05) is 32.3 Å². The molecule has 3 heteroatoms. The monoisotopic (exact) mass is 318 g/mol. The standard InChI is InChI=1S/C9H5IOS.C2H6/c10-12-6-5-8-1-3-9(7-11)4-2-8;1-2/h1-4,7H;1-2H3. The van der Waals surface area contributed by atoms with Crippen molar-refractivity contribution in [2.24, 2.45) is 0 Å². The van der Waals surface area contributed by atoms with Gasteiger partial charge in [0.1, 0.15) is 6.29 Å². The topological polar surface area (TPSA) is 17.1 Å². The molecule has 1 rings (SSSR count). The Hall–Kier alpha value is -0.470. The highest BCUT2D eigenvalue weighted by Gasteiger charge is 1.88. The quantitative estimate of drug-likeness (QED) is 0.443. The Morgan fingerprint density at radius 1 is 1.29 bits per heavy atom. The van der Waals surface area contributed by atoms with E-state index in [2.05, 4.69) is 32.4 Å². The van der Waals surface area contributed by atoms with Crippen molar-refractivity contribution >= 4 is 36.4 Å². The van der Waals surface area contributed by atoms with Gasteiger partial charge in [-0.05, 0) is 26.3 Å². The third-order valence-electron chi connectivity index (χ3n) is 1.28. The summed E-state index contributed by atoms with van der Waals surface area (Å²) in [7, 11) is 1.45. The molecule has 0 radical (unpaired) electrons. The summed E-state index contributed by atoms with van der Waals surface area (Å²) >= 11 is 2.12. The molecule has 0 atom stereocenters. The summed E-state index contributed by atoms with van der Waals surface area (Å²) in [5.74, 6) is 2.94. The van der Waals surface area contributed by atoms with E-state index in [-0.39, 0.29) is 0 Å². The van der Waals surface area contributed by atoms with Crippen molar-refractivity contribution in [2.75, 3.05) is 0 Å². The number of hydrogen-bond donors (Lipinski definition) is 0. The van der Waals surface area contributed by atoms with Crippen LogP contribution in [-0.4, -0.2) is 6.29 Å². The van der Waals surface area contributed by atoms with E-state index in [0.29, 0.717) is 5.56 Å². The molecule has 0 aliphatic heterocycles. The number of carbonyl (C=O) groups is 1. The fourth-order valence-electron chi connectivity index (χ4n) is 0.723. The minimum atomic E-state index is 0.683. The van der Waals surface area contributed by atoms with Crippen LogP contribution in [0.15, 0.2) is 24.3 Å². The van der Waals surface area contributed by atoms with Gasteiger partial charge < -0.3 is 0 Å². The molecule has 0 aromatic heterocycles. The number of benzene rings is 1. The highest BCUT2D eigenvalue weighted by molar-refractivity contribution is 14.2. The zero-order valence-corrected chi connectivity index (χ0v) is 11.1. The van der Waals surface area contributed by atoms with Crippen molar-refractivity contribution in [2.45, 2.75) is 13.8 Å². The molecular formula is C11H11IOS. The third-order valence-corrected chi connectivity index (χ3v) is 2.12. The van der Waals surface area contributed by atoms with Crippen LogP contribution in [0.25, 0.3) is 0 Å². The lowest BCUT2D eigenvalue weighted by atomic mass is 10.2. The first-order valence-corrected chi connectivity index (χ1v) is 7.56. The van der Waals surface area contributed by atoms with E-state index in [1.807, 2.05) is 26.0 Å². The van der Waals surface area contributed by atoms with Gasteiger partial charge >= 0.3 is 0 Å². The van der Waals surface area contributed by atoms with Gasteiger partial charge in [0.25, 0.3) is 0 Å². The van der Waals surface area contributed by atoms with E-state index < -0.39 is 0 Å². The lowest BCUT2D eigenvalue weighted by Gasteiger charge is -1.89. The number of aldehydes is 1. The molecule has 74 valence electrons. The molecule has 1 nitrogen and oxygen atoms in total. The van der Waals surface area contributed by atoms with Gasteiger partial charge in [-0.2, -0.15) is 0 Å². The van der Waals surface area contributed by atoms with Crippen molar-refractivity contribution in [1.82, 2.24) is 0 Å². The maximum Gasteiger partial charge on any atom is 0.150 e. The van der Waals surface area contributed by atoms with E-state index in [1.165, 1.54) is 8.93 Å². The smallest absolute Gasteiger partial charge is 0.150 e. The van der Waals surface area contributed by atoms with Crippen LogP contribution in [0.3, 0.4) is 0 Å². The maximum atomic E-state index is 10.3. The summed E-state index contributed by atoms with van der Waals surface area (Å²) in [5.41, 5.74) is 1.62. The van der Waals surface area contributed by atoms with Gasteiger partial charge in [-0.1, -0.05) is 31.9 Å². The highest BCUT2D eigenvalue weighted by Crippen LogP contribution is 2.08. The van der Waals surface area contributed by atoms with Crippen molar-refractivity contribution in [1.29, 1.82) is 0 Å². The van der Waals surface area contributed by atoms with Crippen LogP contribution in [-0.2, 0) is 0 Å². The fraction of sp³-hybridized carbons (Fsp3) is 0.182. The minimum Gasteiger partial charge on any atom is -0.298 e. The second-order valence-corrected chi connectivity index (χ2v) is 3.72. The van der Waals surface area contributed by atoms with Gasteiger partial charge in [0.2, 0.25) is 0 Å². The first-order chi connectivity index (χ1) is 6.86. The molecule has 0 fully saturated rings. The molecule has 0 N–H and O–H groups in total. The van der Waals surface area contributed by atoms with Crippen LogP contribution in [0.5, 0.6) is 0 Å². The molecular weight excluding hydrogens is 307 g/mol. The first-order valence-electron chi connectivity index (χ1n) is 4.20. The Morgan fingerprint density at radius 3 is 2.29 bits per heavy atom. The Kier molecular flexibility index (Phi) is 8.79. The fourth-order valence-corrected chi connectivity index (χ4v) is 1.21. The van der Waals surface area contributed by atoms with Crippen LogP contribution in [0.1, 0.15) is 29.8 Å². The summed E-state index contributed by atoms with van der Waals surface area (Å²) in [6.07, 6.45) is 0.824. The molecule has 1 aromatic rings. The van der Waals surface area contributed by atoms with Crippen molar-refractivity contribution in [3.63, 3.8) is 0 Å². The summed E-state index contributed by atoms with van der Waals surface area (Å²) in [6.45, 7) is 4.00. The Bertz CT molecular complexity index is 321. The van der Waals surface area contributed by atoms with Crippen molar-refractivity contribution in [3.05, 3.63) is 35.4 Å². The SMILES string of the molecule is CC.O=Cc1ccc(C#CSI)cc1. The molecule has 0 saturated carbocycles. The molecule has 0 bridgehead atoms. The number of hydrogen-bond acceptors (Lipinski definition) is 2. The Morgan fingerprint density at radius 2 is 1.86 bits per heavy atom. The summed E-state index contributed by atoms with van der Waals surface area (Å²) in [4.78, 5) is 10.3. The van der Waals surface area contributed by atoms with Gasteiger partial charge in [-0.25, -0.2) is 0 Å². The summed E-state index contributed by atoms with van der Waals surface area (Å²) < 4.78 is 0. The number of carbonyl (C=O) groups excluding carboxylic acids is 1. The Labute approximate surface area is 101 Å². The molecule has 0 aliphatic carbocycles. The van der Waals surface area contributed by atoms with E-state index in [1.54, 1.807) is 12.1 Å². The van der Waals surface area contributed by atoms with Crippen LogP contribution in [0, 0.1) is 11.2 Å². The zero-order chi connectivity index (χ0) is 10.8. The molecule has 0 unspecified atom stereocenters. The van der Waals surface area contributed by atoms with Crippen LogP contribution in [0.4, 0.5) is 0 Å². The number of halogens is 1. The summed E-state index contributed by atoms with van der Waals surface area (Å²) in [6, 6.07) is 7.19. The van der Waals surface area contributed by atoms with Crippen LogP contribution < -0.4 is 0 Å². The predicted molar refractivity (Wildman–Crippen MR) is 71.7 cm³/mol. The Balaban J connectivity index is 0.000000791. The molecule has 14 heavy (non-hydrogen) atoms. The third kappa shape index (κ3) is 5.30. The second-order valence-electron chi connectivity index (χ2n) is 2.04. The van der Waals surface area contributed by atoms with Gasteiger partial charge in [-0.15, -0.1) is 0 Å². The van der Waals surface area contributed by atoms with Crippen LogP contribution in [0.2, 0.25) is 0 Å². The molecule has 0 spiro atoms.